The number of hydrogen-bond donors (Lipinski definition) is 1. The normalized spacial score (nSPS) is 9.71. The molecule has 14 heavy (non-hydrogen) atoms. The molecule has 0 unspecified atom stereocenters. The lowest BCUT2D eigenvalue weighted by Gasteiger charge is -2.00. The van der Waals surface area contributed by atoms with E-state index in [0.717, 1.165) is 21.8 Å². The lowest BCUT2D eigenvalue weighted by atomic mass is 10.5. The van der Waals surface area contributed by atoms with Crippen LogP contribution in [0.25, 0.3) is 0 Å². The predicted octanol–water partition coefficient (Wildman–Crippen LogP) is 2.16. The Morgan fingerprint density at radius 2 is 2.43 bits per heavy atom. The maximum Gasteiger partial charge on any atom is 0.0961 e. The second kappa shape index (κ2) is 6.88. The van der Waals surface area contributed by atoms with E-state index in [1.807, 2.05) is 12.1 Å². The third-order valence-electron chi connectivity index (χ3n) is 1.46. The molecular weight excluding hydrogens is 260 g/mol. The molecule has 0 aromatic carbocycles. The van der Waals surface area contributed by atoms with Gasteiger partial charge in [0.25, 0.3) is 0 Å². The lowest BCUT2D eigenvalue weighted by Crippen LogP contribution is -2.16. The smallest absolute Gasteiger partial charge is 0.0961 e. The van der Waals surface area contributed by atoms with Gasteiger partial charge in [-0.2, -0.15) is 0 Å². The van der Waals surface area contributed by atoms with Gasteiger partial charge in [-0.3, -0.25) is 0 Å². The summed E-state index contributed by atoms with van der Waals surface area (Å²) in [5.74, 6) is 3.51. The van der Waals surface area contributed by atoms with Crippen molar-refractivity contribution in [1.29, 1.82) is 0 Å². The molecule has 0 aliphatic rings. The Bertz CT molecular complexity index is 305. The highest BCUT2D eigenvalue weighted by atomic mass is 79.9. The molecule has 1 aromatic heterocycles. The van der Waals surface area contributed by atoms with E-state index in [9.17, 15) is 0 Å². The highest BCUT2D eigenvalue weighted by Crippen LogP contribution is 2.16. The van der Waals surface area contributed by atoms with Gasteiger partial charge in [-0.1, -0.05) is 5.92 Å². The second-order valence-electron chi connectivity index (χ2n) is 2.54. The zero-order chi connectivity index (χ0) is 10.2. The van der Waals surface area contributed by atoms with E-state index in [0.29, 0.717) is 6.54 Å². The van der Waals surface area contributed by atoms with Gasteiger partial charge in [0.05, 0.1) is 11.6 Å². The van der Waals surface area contributed by atoms with Crippen molar-refractivity contribution >= 4 is 27.7 Å². The average Bonchev–Trinajstić information content (AvgIpc) is 2.21. The lowest BCUT2D eigenvalue weighted by molar-refractivity contribution is 0.817. The van der Waals surface area contributed by atoms with Gasteiger partial charge in [0, 0.05) is 23.0 Å². The standard InChI is InChI=1S/C10H11BrN2S/c1-2-5-12-6-7-14-10-4-3-9(11)8-13-10/h1,3-4,8,12H,5-7H2. The number of nitrogens with zero attached hydrogens (tertiary/aromatic N) is 1. The van der Waals surface area contributed by atoms with Crippen LogP contribution in [0.5, 0.6) is 0 Å². The molecule has 0 saturated heterocycles. The highest BCUT2D eigenvalue weighted by Gasteiger charge is 1.94. The van der Waals surface area contributed by atoms with Crippen LogP contribution in [0.15, 0.2) is 27.8 Å². The molecule has 0 bridgehead atoms. The van der Waals surface area contributed by atoms with Gasteiger partial charge in [0.1, 0.15) is 0 Å². The molecule has 0 amide bonds. The predicted molar refractivity (Wildman–Crippen MR) is 64.4 cm³/mol. The molecule has 1 aromatic rings. The number of nitrogens with one attached hydrogen (secondary N) is 1. The third-order valence-corrected chi connectivity index (χ3v) is 2.87. The Kier molecular flexibility index (Phi) is 5.69. The maximum atomic E-state index is 5.10. The van der Waals surface area contributed by atoms with E-state index < -0.39 is 0 Å². The summed E-state index contributed by atoms with van der Waals surface area (Å²) in [7, 11) is 0. The van der Waals surface area contributed by atoms with Gasteiger partial charge in [-0.15, -0.1) is 18.2 Å². The number of thioether (sulfide) groups is 1. The number of terminal acetylenes is 1. The molecule has 1 heterocycles. The van der Waals surface area contributed by atoms with E-state index in [4.69, 9.17) is 6.42 Å². The maximum absolute atomic E-state index is 5.10. The number of rotatable bonds is 5. The van der Waals surface area contributed by atoms with Crippen molar-refractivity contribution in [1.82, 2.24) is 10.3 Å². The van der Waals surface area contributed by atoms with Gasteiger partial charge in [-0.05, 0) is 28.1 Å². The second-order valence-corrected chi connectivity index (χ2v) is 4.57. The fourth-order valence-electron chi connectivity index (χ4n) is 0.836. The minimum absolute atomic E-state index is 0.633. The first-order valence-electron chi connectivity index (χ1n) is 4.21. The Morgan fingerprint density at radius 3 is 3.07 bits per heavy atom. The molecule has 0 aliphatic heterocycles. The molecule has 0 spiro atoms. The van der Waals surface area contributed by atoms with Crippen LogP contribution in [0.1, 0.15) is 0 Å². The molecule has 4 heteroatoms. The van der Waals surface area contributed by atoms with Crippen molar-refractivity contribution in [2.75, 3.05) is 18.8 Å². The Hall–Kier alpha value is -0.500. The zero-order valence-electron chi connectivity index (χ0n) is 7.66. The summed E-state index contributed by atoms with van der Waals surface area (Å²) in [4.78, 5) is 4.24. The monoisotopic (exact) mass is 270 g/mol. The summed E-state index contributed by atoms with van der Waals surface area (Å²) in [6, 6.07) is 3.99. The first-order valence-corrected chi connectivity index (χ1v) is 5.99. The van der Waals surface area contributed by atoms with Gasteiger partial charge in [0.2, 0.25) is 0 Å². The summed E-state index contributed by atoms with van der Waals surface area (Å²) in [5, 5.41) is 4.16. The van der Waals surface area contributed by atoms with E-state index in [1.165, 1.54) is 0 Å². The number of hydrogen-bond acceptors (Lipinski definition) is 3. The van der Waals surface area contributed by atoms with E-state index in [-0.39, 0.29) is 0 Å². The average molecular weight is 271 g/mol. The van der Waals surface area contributed by atoms with E-state index >= 15 is 0 Å². The van der Waals surface area contributed by atoms with Gasteiger partial charge >= 0.3 is 0 Å². The summed E-state index contributed by atoms with van der Waals surface area (Å²) in [6.07, 6.45) is 6.90. The van der Waals surface area contributed by atoms with Crippen molar-refractivity contribution < 1.29 is 0 Å². The fourth-order valence-corrected chi connectivity index (χ4v) is 1.82. The largest absolute Gasteiger partial charge is 0.305 e. The first-order chi connectivity index (χ1) is 6.83. The minimum atomic E-state index is 0.633. The number of aromatic nitrogens is 1. The van der Waals surface area contributed by atoms with Gasteiger partial charge in [-0.25, -0.2) is 4.98 Å². The Balaban J connectivity index is 2.19. The topological polar surface area (TPSA) is 24.9 Å². The van der Waals surface area contributed by atoms with Crippen LogP contribution in [-0.4, -0.2) is 23.8 Å². The SMILES string of the molecule is C#CCNCCSc1ccc(Br)cn1. The van der Waals surface area contributed by atoms with Crippen LogP contribution in [-0.2, 0) is 0 Å². The van der Waals surface area contributed by atoms with Crippen molar-refractivity contribution in [3.63, 3.8) is 0 Å². The van der Waals surface area contributed by atoms with Crippen LogP contribution >= 0.6 is 27.7 Å². The van der Waals surface area contributed by atoms with Crippen molar-refractivity contribution in [3.8, 4) is 12.3 Å². The molecule has 2 nitrogen and oxygen atoms in total. The molecule has 1 N–H and O–H groups in total. The number of pyridine rings is 1. The van der Waals surface area contributed by atoms with Crippen LogP contribution < -0.4 is 5.32 Å². The summed E-state index contributed by atoms with van der Waals surface area (Å²) >= 11 is 5.06. The minimum Gasteiger partial charge on any atom is -0.305 e. The fraction of sp³-hybridized carbons (Fsp3) is 0.300. The molecule has 74 valence electrons. The quantitative estimate of drug-likeness (QED) is 0.504. The van der Waals surface area contributed by atoms with Crippen molar-refractivity contribution in [3.05, 3.63) is 22.8 Å². The zero-order valence-corrected chi connectivity index (χ0v) is 10.1. The Morgan fingerprint density at radius 1 is 1.57 bits per heavy atom. The Labute approximate surface area is 97.0 Å². The van der Waals surface area contributed by atoms with Crippen LogP contribution in [0.3, 0.4) is 0 Å². The van der Waals surface area contributed by atoms with Crippen molar-refractivity contribution in [2.24, 2.45) is 0 Å². The van der Waals surface area contributed by atoms with Gasteiger partial charge < -0.3 is 5.32 Å². The summed E-state index contributed by atoms with van der Waals surface area (Å²) in [6.45, 7) is 1.54. The van der Waals surface area contributed by atoms with E-state index in [2.05, 4.69) is 32.2 Å². The van der Waals surface area contributed by atoms with Crippen LogP contribution in [0, 0.1) is 12.3 Å². The van der Waals surface area contributed by atoms with Crippen LogP contribution in [0.2, 0.25) is 0 Å². The first kappa shape index (κ1) is 11.6. The highest BCUT2D eigenvalue weighted by molar-refractivity contribution is 9.10. The molecule has 0 saturated carbocycles. The number of halogens is 1. The van der Waals surface area contributed by atoms with Gasteiger partial charge in [0.15, 0.2) is 0 Å². The van der Waals surface area contributed by atoms with E-state index in [1.54, 1.807) is 18.0 Å². The summed E-state index contributed by atoms with van der Waals surface area (Å²) in [5.41, 5.74) is 0. The molecule has 0 fully saturated rings. The molecule has 0 atom stereocenters. The molecule has 0 radical (unpaired) electrons. The van der Waals surface area contributed by atoms with Crippen LogP contribution in [0.4, 0.5) is 0 Å². The molecule has 0 aliphatic carbocycles. The van der Waals surface area contributed by atoms with Crippen molar-refractivity contribution in [2.45, 2.75) is 5.03 Å². The molecule has 1 rings (SSSR count). The molecular formula is C10H11BrN2S. The summed E-state index contributed by atoms with van der Waals surface area (Å²) < 4.78 is 1.01. The third kappa shape index (κ3) is 4.66.